The number of ether oxygens (including phenoxy) is 2. The number of carbonyl (C=O) groups is 2. The molecule has 35 heavy (non-hydrogen) atoms. The minimum Gasteiger partial charge on any atom is -0.493 e. The van der Waals surface area contributed by atoms with Gasteiger partial charge in [-0.1, -0.05) is 29.8 Å². The molecule has 0 heterocycles. The summed E-state index contributed by atoms with van der Waals surface area (Å²) in [6.45, 7) is 0.0569. The lowest BCUT2D eigenvalue weighted by atomic mass is 10.1. The third kappa shape index (κ3) is 7.18. The molecule has 184 valence electrons. The highest BCUT2D eigenvalue weighted by molar-refractivity contribution is 6.31. The van der Waals surface area contributed by atoms with Gasteiger partial charge in [0.25, 0.3) is 11.8 Å². The van der Waals surface area contributed by atoms with E-state index in [2.05, 4.69) is 10.6 Å². The lowest BCUT2D eigenvalue weighted by Crippen LogP contribution is -2.34. The Balaban J connectivity index is 1.61. The van der Waals surface area contributed by atoms with Crippen molar-refractivity contribution in [1.82, 2.24) is 10.2 Å². The van der Waals surface area contributed by atoms with E-state index in [1.165, 1.54) is 31.4 Å². The Kier molecular flexibility index (Phi) is 9.05. The van der Waals surface area contributed by atoms with E-state index in [0.29, 0.717) is 34.3 Å². The summed E-state index contributed by atoms with van der Waals surface area (Å²) < 4.78 is 23.9. The lowest BCUT2D eigenvalue weighted by molar-refractivity contribution is -0.118. The Bertz CT molecular complexity index is 1170. The number of carbonyl (C=O) groups excluding carboxylic acids is 2. The molecule has 3 rings (SSSR count). The number of likely N-dealkylation sites (N-methyl/N-ethyl adjacent to an activating group) is 1. The first-order valence-corrected chi connectivity index (χ1v) is 11.2. The fraction of sp³-hybridized carbons (Fsp3) is 0.231. The maximum atomic E-state index is 13.0. The predicted molar refractivity (Wildman–Crippen MR) is 134 cm³/mol. The number of benzene rings is 3. The molecule has 0 spiro atoms. The average Bonchev–Trinajstić information content (AvgIpc) is 2.85. The van der Waals surface area contributed by atoms with Crippen LogP contribution < -0.4 is 20.1 Å². The Morgan fingerprint density at radius 2 is 1.74 bits per heavy atom. The van der Waals surface area contributed by atoms with Crippen LogP contribution in [0.5, 0.6) is 11.5 Å². The van der Waals surface area contributed by atoms with E-state index in [1.807, 2.05) is 43.3 Å². The zero-order chi connectivity index (χ0) is 25.4. The Labute approximate surface area is 208 Å². The number of halogens is 2. The molecule has 0 aliphatic rings. The first-order chi connectivity index (χ1) is 16.8. The van der Waals surface area contributed by atoms with Crippen molar-refractivity contribution in [3.63, 3.8) is 0 Å². The molecule has 0 bridgehead atoms. The summed E-state index contributed by atoms with van der Waals surface area (Å²) >= 11 is 6.34. The Morgan fingerprint density at radius 1 is 1.03 bits per heavy atom. The molecular weight excluding hydrogens is 473 g/mol. The smallest absolute Gasteiger partial charge is 0.262 e. The van der Waals surface area contributed by atoms with Crippen LogP contribution in [0.4, 0.5) is 10.1 Å². The second-order valence-electron chi connectivity index (χ2n) is 7.92. The summed E-state index contributed by atoms with van der Waals surface area (Å²) in [6.07, 6.45) is 0. The zero-order valence-corrected chi connectivity index (χ0v) is 20.4. The highest BCUT2D eigenvalue weighted by Gasteiger charge is 2.19. The van der Waals surface area contributed by atoms with Crippen molar-refractivity contribution >= 4 is 29.1 Å². The second kappa shape index (κ2) is 12.2. The monoisotopic (exact) mass is 499 g/mol. The molecular formula is C26H27ClFN3O4. The number of methoxy groups -OCH3 is 1. The fourth-order valence-electron chi connectivity index (χ4n) is 3.41. The van der Waals surface area contributed by atoms with Crippen LogP contribution >= 0.6 is 11.6 Å². The van der Waals surface area contributed by atoms with Gasteiger partial charge in [-0.3, -0.25) is 9.59 Å². The molecule has 9 heteroatoms. The Morgan fingerprint density at radius 3 is 2.40 bits per heavy atom. The largest absolute Gasteiger partial charge is 0.493 e. The van der Waals surface area contributed by atoms with Crippen LogP contribution in [-0.2, 0) is 4.79 Å². The first-order valence-electron chi connectivity index (χ1n) is 10.8. The molecule has 0 saturated carbocycles. The van der Waals surface area contributed by atoms with E-state index in [-0.39, 0.29) is 18.6 Å². The van der Waals surface area contributed by atoms with Crippen molar-refractivity contribution in [2.75, 3.05) is 39.7 Å². The highest BCUT2D eigenvalue weighted by atomic mass is 35.5. The molecule has 0 aromatic heterocycles. The van der Waals surface area contributed by atoms with Gasteiger partial charge >= 0.3 is 0 Å². The van der Waals surface area contributed by atoms with Gasteiger partial charge < -0.3 is 25.0 Å². The molecule has 1 atom stereocenters. The summed E-state index contributed by atoms with van der Waals surface area (Å²) in [5.41, 5.74) is 1.74. The molecule has 0 saturated heterocycles. The van der Waals surface area contributed by atoms with E-state index < -0.39 is 11.7 Å². The normalized spacial score (nSPS) is 11.6. The van der Waals surface area contributed by atoms with Gasteiger partial charge in [0.2, 0.25) is 0 Å². The highest BCUT2D eigenvalue weighted by Crippen LogP contribution is 2.29. The van der Waals surface area contributed by atoms with Gasteiger partial charge in [0, 0.05) is 22.8 Å². The molecule has 0 fully saturated rings. The summed E-state index contributed by atoms with van der Waals surface area (Å²) in [6, 6.07) is 17.5. The fourth-order valence-corrected chi connectivity index (χ4v) is 3.67. The summed E-state index contributed by atoms with van der Waals surface area (Å²) in [7, 11) is 5.28. The van der Waals surface area contributed by atoms with Crippen LogP contribution in [0.25, 0.3) is 0 Å². The molecule has 0 aliphatic heterocycles. The first kappa shape index (κ1) is 26.0. The molecule has 3 aromatic rings. The maximum absolute atomic E-state index is 13.0. The second-order valence-corrected chi connectivity index (χ2v) is 8.33. The number of anilines is 1. The maximum Gasteiger partial charge on any atom is 0.262 e. The molecule has 3 aromatic carbocycles. The standard InChI is InChI=1S/C26H27ClFN3O4/c1-31(2)22(20-6-4-5-7-21(20)27)15-29-26(33)17-8-13-23(24(14-17)34-3)35-16-25(32)30-19-11-9-18(28)10-12-19/h4-14,22H,15-16H2,1-3H3,(H,29,33)(H,30,32). The van der Waals surface area contributed by atoms with Crippen LogP contribution in [0.1, 0.15) is 22.0 Å². The van der Waals surface area contributed by atoms with E-state index in [0.717, 1.165) is 5.56 Å². The minimum absolute atomic E-state index is 0.114. The SMILES string of the molecule is COc1cc(C(=O)NCC(c2ccccc2Cl)N(C)C)ccc1OCC(=O)Nc1ccc(F)cc1. The predicted octanol–water partition coefficient (Wildman–Crippen LogP) is 4.54. The molecule has 0 radical (unpaired) electrons. The number of nitrogens with one attached hydrogen (secondary N) is 2. The average molecular weight is 500 g/mol. The van der Waals surface area contributed by atoms with Gasteiger partial charge in [-0.25, -0.2) is 4.39 Å². The quantitative estimate of drug-likeness (QED) is 0.428. The van der Waals surface area contributed by atoms with Gasteiger partial charge in [-0.2, -0.15) is 0 Å². The number of amides is 2. The van der Waals surface area contributed by atoms with Crippen molar-refractivity contribution in [2.45, 2.75) is 6.04 Å². The van der Waals surface area contributed by atoms with E-state index in [9.17, 15) is 14.0 Å². The van der Waals surface area contributed by atoms with Gasteiger partial charge in [-0.05, 0) is 68.2 Å². The van der Waals surface area contributed by atoms with Gasteiger partial charge in [0.1, 0.15) is 5.82 Å². The van der Waals surface area contributed by atoms with Gasteiger partial charge in [-0.15, -0.1) is 0 Å². The minimum atomic E-state index is -0.421. The van der Waals surface area contributed by atoms with Crippen molar-refractivity contribution < 1.29 is 23.5 Å². The van der Waals surface area contributed by atoms with Crippen LogP contribution in [0.3, 0.4) is 0 Å². The molecule has 2 N–H and O–H groups in total. The van der Waals surface area contributed by atoms with Gasteiger partial charge in [0.05, 0.1) is 13.2 Å². The number of nitrogens with zero attached hydrogens (tertiary/aromatic N) is 1. The summed E-state index contributed by atoms with van der Waals surface area (Å²) in [5, 5.41) is 6.17. The zero-order valence-electron chi connectivity index (χ0n) is 19.7. The van der Waals surface area contributed by atoms with E-state index >= 15 is 0 Å². The molecule has 2 amide bonds. The van der Waals surface area contributed by atoms with Gasteiger partial charge in [0.15, 0.2) is 18.1 Å². The Hall–Kier alpha value is -3.62. The van der Waals surface area contributed by atoms with Crippen molar-refractivity contribution in [1.29, 1.82) is 0 Å². The molecule has 1 unspecified atom stereocenters. The number of rotatable bonds is 10. The van der Waals surface area contributed by atoms with Crippen molar-refractivity contribution in [3.05, 3.63) is 88.7 Å². The van der Waals surface area contributed by atoms with E-state index in [4.69, 9.17) is 21.1 Å². The van der Waals surface area contributed by atoms with Crippen LogP contribution in [0, 0.1) is 5.82 Å². The van der Waals surface area contributed by atoms with Crippen LogP contribution in [0.2, 0.25) is 5.02 Å². The molecule has 0 aliphatic carbocycles. The van der Waals surface area contributed by atoms with Crippen LogP contribution in [0.15, 0.2) is 66.7 Å². The van der Waals surface area contributed by atoms with Crippen molar-refractivity contribution in [2.24, 2.45) is 0 Å². The number of hydrogen-bond acceptors (Lipinski definition) is 5. The number of hydrogen-bond donors (Lipinski definition) is 2. The third-order valence-electron chi connectivity index (χ3n) is 5.26. The van der Waals surface area contributed by atoms with E-state index in [1.54, 1.807) is 18.2 Å². The van der Waals surface area contributed by atoms with Crippen molar-refractivity contribution in [3.8, 4) is 11.5 Å². The molecule has 7 nitrogen and oxygen atoms in total. The summed E-state index contributed by atoms with van der Waals surface area (Å²) in [5.74, 6) is -0.491. The lowest BCUT2D eigenvalue weighted by Gasteiger charge is -2.26. The summed E-state index contributed by atoms with van der Waals surface area (Å²) in [4.78, 5) is 26.9. The third-order valence-corrected chi connectivity index (χ3v) is 5.60. The topological polar surface area (TPSA) is 79.9 Å². The van der Waals surface area contributed by atoms with Crippen LogP contribution in [-0.4, -0.2) is 51.1 Å².